The second kappa shape index (κ2) is 5.96. The second-order valence-corrected chi connectivity index (χ2v) is 6.21. The Morgan fingerprint density at radius 1 is 1.50 bits per heavy atom. The highest BCUT2D eigenvalue weighted by atomic mass is 32.2. The minimum atomic E-state index is -2.84. The van der Waals surface area contributed by atoms with E-state index in [4.69, 9.17) is 0 Å². The average molecular weight is 242 g/mol. The Kier molecular flexibility index (Phi) is 4.89. The fraction of sp³-hybridized carbons (Fsp3) is 0.545. The molecule has 0 aliphatic rings. The molecule has 0 radical (unpaired) electrons. The van der Waals surface area contributed by atoms with E-state index in [1.807, 2.05) is 25.3 Å². The lowest BCUT2D eigenvalue weighted by molar-refractivity contribution is 0.561. The van der Waals surface area contributed by atoms with Gasteiger partial charge in [-0.05, 0) is 31.5 Å². The predicted molar refractivity (Wildman–Crippen MR) is 65.0 cm³/mol. The molecule has 0 aliphatic carbocycles. The summed E-state index contributed by atoms with van der Waals surface area (Å²) in [4.78, 5) is 4.04. The molecule has 0 aliphatic heterocycles. The van der Waals surface area contributed by atoms with E-state index >= 15 is 0 Å². The molecule has 0 spiro atoms. The van der Waals surface area contributed by atoms with Gasteiger partial charge >= 0.3 is 0 Å². The van der Waals surface area contributed by atoms with Crippen LogP contribution in [0.25, 0.3) is 0 Å². The molecule has 1 N–H and O–H groups in total. The minimum absolute atomic E-state index is 0.202. The van der Waals surface area contributed by atoms with Crippen molar-refractivity contribution in [2.24, 2.45) is 0 Å². The lowest BCUT2D eigenvalue weighted by atomic mass is 10.1. The van der Waals surface area contributed by atoms with Crippen LogP contribution in [0.15, 0.2) is 24.5 Å². The molecule has 0 saturated heterocycles. The van der Waals surface area contributed by atoms with E-state index in [0.29, 0.717) is 13.0 Å². The van der Waals surface area contributed by atoms with Crippen molar-refractivity contribution in [1.82, 2.24) is 10.3 Å². The standard InChI is InChI=1S/C11H18N2O2S/c1-10(11-5-3-6-12-9-11)13-7-4-8-16(2,14)15/h3,5-6,9-10,13H,4,7-8H2,1-2H3/t10-/m0/s1. The Bertz CT molecular complexity index is 403. The summed E-state index contributed by atoms with van der Waals surface area (Å²) in [6, 6.07) is 4.10. The smallest absolute Gasteiger partial charge is 0.147 e. The molecule has 0 amide bonds. The molecular weight excluding hydrogens is 224 g/mol. The molecule has 0 unspecified atom stereocenters. The highest BCUT2D eigenvalue weighted by Gasteiger charge is 2.05. The SMILES string of the molecule is C[C@H](NCCCS(C)(=O)=O)c1cccnc1. The minimum Gasteiger partial charge on any atom is -0.310 e. The van der Waals surface area contributed by atoms with E-state index < -0.39 is 9.84 Å². The van der Waals surface area contributed by atoms with Crippen LogP contribution in [0.3, 0.4) is 0 Å². The van der Waals surface area contributed by atoms with Crippen molar-refractivity contribution < 1.29 is 8.42 Å². The average Bonchev–Trinajstić information content (AvgIpc) is 2.24. The monoisotopic (exact) mass is 242 g/mol. The van der Waals surface area contributed by atoms with E-state index in [1.54, 1.807) is 6.20 Å². The van der Waals surface area contributed by atoms with Crippen molar-refractivity contribution in [1.29, 1.82) is 0 Å². The number of nitrogens with one attached hydrogen (secondary N) is 1. The number of pyridine rings is 1. The maximum atomic E-state index is 10.9. The van der Waals surface area contributed by atoms with Crippen molar-refractivity contribution in [3.8, 4) is 0 Å². The van der Waals surface area contributed by atoms with E-state index in [-0.39, 0.29) is 11.8 Å². The molecule has 0 saturated carbocycles. The first kappa shape index (κ1) is 13.1. The number of rotatable bonds is 6. The molecule has 1 rings (SSSR count). The largest absolute Gasteiger partial charge is 0.310 e. The summed E-state index contributed by atoms with van der Waals surface area (Å²) in [5.74, 6) is 0.236. The zero-order valence-corrected chi connectivity index (χ0v) is 10.5. The molecule has 0 bridgehead atoms. The fourth-order valence-corrected chi connectivity index (χ4v) is 2.07. The summed E-state index contributed by atoms with van der Waals surface area (Å²) >= 11 is 0. The summed E-state index contributed by atoms with van der Waals surface area (Å²) in [5.41, 5.74) is 1.11. The third-order valence-corrected chi connectivity index (χ3v) is 3.36. The first-order valence-corrected chi connectivity index (χ1v) is 7.36. The van der Waals surface area contributed by atoms with Gasteiger partial charge in [-0.1, -0.05) is 6.07 Å². The summed E-state index contributed by atoms with van der Waals surface area (Å²) in [5, 5.41) is 3.27. The summed E-state index contributed by atoms with van der Waals surface area (Å²) in [7, 11) is -2.84. The Labute approximate surface area is 97.0 Å². The molecule has 90 valence electrons. The Morgan fingerprint density at radius 2 is 2.25 bits per heavy atom. The van der Waals surface area contributed by atoms with Gasteiger partial charge in [-0.2, -0.15) is 0 Å². The van der Waals surface area contributed by atoms with Gasteiger partial charge in [-0.25, -0.2) is 8.42 Å². The Morgan fingerprint density at radius 3 is 2.81 bits per heavy atom. The van der Waals surface area contributed by atoms with Gasteiger partial charge in [-0.3, -0.25) is 4.98 Å². The quantitative estimate of drug-likeness (QED) is 0.761. The molecule has 5 heteroatoms. The van der Waals surface area contributed by atoms with Gasteiger partial charge in [0.05, 0.1) is 5.75 Å². The van der Waals surface area contributed by atoms with Gasteiger partial charge < -0.3 is 5.32 Å². The maximum Gasteiger partial charge on any atom is 0.147 e. The van der Waals surface area contributed by atoms with Gasteiger partial charge in [0.1, 0.15) is 9.84 Å². The first-order chi connectivity index (χ1) is 7.49. The molecule has 0 fully saturated rings. The van der Waals surface area contributed by atoms with E-state index in [2.05, 4.69) is 10.3 Å². The van der Waals surface area contributed by atoms with Crippen LogP contribution in [0.4, 0.5) is 0 Å². The molecule has 16 heavy (non-hydrogen) atoms. The van der Waals surface area contributed by atoms with Crippen molar-refractivity contribution in [2.45, 2.75) is 19.4 Å². The maximum absolute atomic E-state index is 10.9. The summed E-state index contributed by atoms with van der Waals surface area (Å²) in [6.45, 7) is 2.74. The van der Waals surface area contributed by atoms with Crippen molar-refractivity contribution >= 4 is 9.84 Å². The van der Waals surface area contributed by atoms with E-state index in [9.17, 15) is 8.42 Å². The predicted octanol–water partition coefficient (Wildman–Crippen LogP) is 1.17. The van der Waals surface area contributed by atoms with Crippen LogP contribution in [-0.4, -0.2) is 32.0 Å². The second-order valence-electron chi connectivity index (χ2n) is 3.95. The zero-order valence-electron chi connectivity index (χ0n) is 9.68. The Balaban J connectivity index is 2.29. The van der Waals surface area contributed by atoms with Gasteiger partial charge in [0.15, 0.2) is 0 Å². The summed E-state index contributed by atoms with van der Waals surface area (Å²) < 4.78 is 21.8. The van der Waals surface area contributed by atoms with Crippen molar-refractivity contribution in [3.05, 3.63) is 30.1 Å². The van der Waals surface area contributed by atoms with Crippen LogP contribution in [-0.2, 0) is 9.84 Å². The van der Waals surface area contributed by atoms with Crippen LogP contribution in [0.1, 0.15) is 24.9 Å². The van der Waals surface area contributed by atoms with Crippen LogP contribution in [0.5, 0.6) is 0 Å². The highest BCUT2D eigenvalue weighted by Crippen LogP contribution is 2.09. The van der Waals surface area contributed by atoms with Gasteiger partial charge in [0.25, 0.3) is 0 Å². The number of sulfone groups is 1. The third-order valence-electron chi connectivity index (χ3n) is 2.33. The number of nitrogens with zero attached hydrogens (tertiary/aromatic N) is 1. The molecule has 1 aromatic heterocycles. The van der Waals surface area contributed by atoms with Crippen LogP contribution >= 0.6 is 0 Å². The Hall–Kier alpha value is -0.940. The number of aromatic nitrogens is 1. The topological polar surface area (TPSA) is 59.1 Å². The molecule has 4 nitrogen and oxygen atoms in total. The molecule has 1 heterocycles. The third kappa shape index (κ3) is 5.23. The van der Waals surface area contributed by atoms with Crippen LogP contribution in [0.2, 0.25) is 0 Å². The van der Waals surface area contributed by atoms with E-state index in [0.717, 1.165) is 5.56 Å². The molecule has 1 aromatic rings. The lowest BCUT2D eigenvalue weighted by Crippen LogP contribution is -2.21. The van der Waals surface area contributed by atoms with E-state index in [1.165, 1.54) is 6.26 Å². The normalized spacial score (nSPS) is 13.6. The van der Waals surface area contributed by atoms with Gasteiger partial charge in [0.2, 0.25) is 0 Å². The fourth-order valence-electron chi connectivity index (χ4n) is 1.40. The van der Waals surface area contributed by atoms with Crippen LogP contribution in [0, 0.1) is 0 Å². The molecular formula is C11H18N2O2S. The molecule has 1 atom stereocenters. The highest BCUT2D eigenvalue weighted by molar-refractivity contribution is 7.90. The van der Waals surface area contributed by atoms with Gasteiger partial charge in [-0.15, -0.1) is 0 Å². The lowest BCUT2D eigenvalue weighted by Gasteiger charge is -2.13. The first-order valence-electron chi connectivity index (χ1n) is 5.30. The van der Waals surface area contributed by atoms with Gasteiger partial charge in [0, 0.05) is 24.7 Å². The van der Waals surface area contributed by atoms with Crippen LogP contribution < -0.4 is 5.32 Å². The zero-order chi connectivity index (χ0) is 12.0. The summed E-state index contributed by atoms with van der Waals surface area (Å²) in [6.07, 6.45) is 5.45. The van der Waals surface area contributed by atoms with Crippen molar-refractivity contribution in [3.63, 3.8) is 0 Å². The number of hydrogen-bond acceptors (Lipinski definition) is 4. The van der Waals surface area contributed by atoms with Crippen molar-refractivity contribution in [2.75, 3.05) is 18.6 Å². The number of hydrogen-bond donors (Lipinski definition) is 1. The molecule has 0 aromatic carbocycles.